The first-order valence-corrected chi connectivity index (χ1v) is 8.74. The molecule has 1 atom stereocenters. The van der Waals surface area contributed by atoms with Crippen LogP contribution in [0.1, 0.15) is 33.1 Å². The Hall–Kier alpha value is -2.71. The number of carbonyl (C=O) groups is 1. The van der Waals surface area contributed by atoms with Gasteiger partial charge >= 0.3 is 0 Å². The van der Waals surface area contributed by atoms with Gasteiger partial charge in [-0.05, 0) is 43.7 Å². The predicted octanol–water partition coefficient (Wildman–Crippen LogP) is 3.47. The molecular weight excluding hydrogens is 329 g/mol. The van der Waals surface area contributed by atoms with Crippen molar-refractivity contribution in [1.29, 1.82) is 5.26 Å². The van der Waals surface area contributed by atoms with Gasteiger partial charge in [-0.3, -0.25) is 9.69 Å². The molecule has 3 rings (SSSR count). The number of hydrogen-bond donors (Lipinski definition) is 0. The molecule has 0 spiro atoms. The lowest BCUT2D eigenvalue weighted by atomic mass is 10.0. The second-order valence-electron chi connectivity index (χ2n) is 6.79. The molecule has 1 aliphatic rings. The number of nitrogens with zero attached hydrogens (tertiary/aromatic N) is 3. The summed E-state index contributed by atoms with van der Waals surface area (Å²) in [6.45, 7) is 6.36. The molecule has 0 radical (unpaired) electrons. The molecule has 1 unspecified atom stereocenters. The van der Waals surface area contributed by atoms with Crippen LogP contribution in [-0.2, 0) is 0 Å². The molecule has 0 saturated carbocycles. The topological polar surface area (TPSA) is 47.3 Å². The van der Waals surface area contributed by atoms with Gasteiger partial charge in [0.25, 0.3) is 5.91 Å². The average molecular weight is 351 g/mol. The van der Waals surface area contributed by atoms with E-state index in [1.165, 1.54) is 12.1 Å². The molecule has 2 aromatic carbocycles. The smallest absolute Gasteiger partial charge is 0.253 e. The zero-order valence-electron chi connectivity index (χ0n) is 15.1. The number of hydrogen-bond acceptors (Lipinski definition) is 3. The van der Waals surface area contributed by atoms with Crippen LogP contribution in [0.25, 0.3) is 0 Å². The number of rotatable bonds is 3. The first-order chi connectivity index (χ1) is 12.5. The summed E-state index contributed by atoms with van der Waals surface area (Å²) >= 11 is 0. The molecule has 0 aromatic heterocycles. The van der Waals surface area contributed by atoms with Crippen LogP contribution in [0, 0.1) is 31.0 Å². The number of nitriles is 1. The fraction of sp³-hybridized carbons (Fsp3) is 0.333. The van der Waals surface area contributed by atoms with Crippen LogP contribution < -0.4 is 0 Å². The van der Waals surface area contributed by atoms with Crippen LogP contribution in [0.5, 0.6) is 0 Å². The molecule has 1 aliphatic heterocycles. The summed E-state index contributed by atoms with van der Waals surface area (Å²) in [5, 5.41) is 9.55. The summed E-state index contributed by atoms with van der Waals surface area (Å²) in [5.41, 5.74) is 3.65. The molecule has 26 heavy (non-hydrogen) atoms. The number of halogens is 1. The van der Waals surface area contributed by atoms with Crippen LogP contribution in [0.15, 0.2) is 42.5 Å². The van der Waals surface area contributed by atoms with Crippen molar-refractivity contribution in [3.05, 3.63) is 70.5 Å². The van der Waals surface area contributed by atoms with Crippen molar-refractivity contribution in [2.75, 3.05) is 26.2 Å². The van der Waals surface area contributed by atoms with Crippen molar-refractivity contribution in [1.82, 2.24) is 9.80 Å². The predicted molar refractivity (Wildman–Crippen MR) is 98.1 cm³/mol. The first-order valence-electron chi connectivity index (χ1n) is 8.74. The standard InChI is InChI=1S/C21H22FN3O/c1-15-11-16(2)13-18(12-15)21(26)25-9-7-24(8-10-25)20(14-23)17-3-5-19(22)6-4-17/h3-6,11-13,20H,7-10H2,1-2H3. The molecule has 1 heterocycles. The zero-order valence-corrected chi connectivity index (χ0v) is 15.1. The molecule has 2 aromatic rings. The molecular formula is C21H22FN3O. The quantitative estimate of drug-likeness (QED) is 0.851. The van der Waals surface area contributed by atoms with Gasteiger partial charge < -0.3 is 4.90 Å². The van der Waals surface area contributed by atoms with Gasteiger partial charge in [-0.25, -0.2) is 4.39 Å². The lowest BCUT2D eigenvalue weighted by Gasteiger charge is -2.37. The molecule has 134 valence electrons. The van der Waals surface area contributed by atoms with Crippen molar-refractivity contribution in [2.24, 2.45) is 0 Å². The third-order valence-electron chi connectivity index (χ3n) is 4.74. The van der Waals surface area contributed by atoms with Gasteiger partial charge in [0.15, 0.2) is 0 Å². The summed E-state index contributed by atoms with van der Waals surface area (Å²) in [4.78, 5) is 16.6. The Morgan fingerprint density at radius 1 is 1.04 bits per heavy atom. The molecule has 0 N–H and O–H groups in total. The van der Waals surface area contributed by atoms with Crippen LogP contribution in [-0.4, -0.2) is 41.9 Å². The Labute approximate surface area is 153 Å². The lowest BCUT2D eigenvalue weighted by Crippen LogP contribution is -2.49. The van der Waals surface area contributed by atoms with E-state index in [1.54, 1.807) is 12.1 Å². The van der Waals surface area contributed by atoms with Crippen LogP contribution in [0.4, 0.5) is 4.39 Å². The van der Waals surface area contributed by atoms with E-state index in [1.807, 2.05) is 35.8 Å². The molecule has 4 nitrogen and oxygen atoms in total. The summed E-state index contributed by atoms with van der Waals surface area (Å²) in [6.07, 6.45) is 0. The van der Waals surface area contributed by atoms with E-state index in [-0.39, 0.29) is 11.7 Å². The van der Waals surface area contributed by atoms with Gasteiger partial charge in [0, 0.05) is 31.7 Å². The van der Waals surface area contributed by atoms with Crippen LogP contribution in [0.2, 0.25) is 0 Å². The third kappa shape index (κ3) is 3.92. The van der Waals surface area contributed by atoms with E-state index < -0.39 is 6.04 Å². The molecule has 0 aliphatic carbocycles. The second kappa shape index (κ2) is 7.67. The third-order valence-corrected chi connectivity index (χ3v) is 4.74. The minimum absolute atomic E-state index is 0.0340. The molecule has 1 saturated heterocycles. The lowest BCUT2D eigenvalue weighted by molar-refractivity contribution is 0.0606. The highest BCUT2D eigenvalue weighted by Crippen LogP contribution is 2.22. The fourth-order valence-electron chi connectivity index (χ4n) is 3.48. The van der Waals surface area contributed by atoms with Crippen molar-refractivity contribution >= 4 is 5.91 Å². The van der Waals surface area contributed by atoms with Crippen molar-refractivity contribution < 1.29 is 9.18 Å². The van der Waals surface area contributed by atoms with E-state index in [0.29, 0.717) is 31.7 Å². The van der Waals surface area contributed by atoms with Crippen LogP contribution in [0.3, 0.4) is 0 Å². The highest BCUT2D eigenvalue weighted by Gasteiger charge is 2.27. The van der Waals surface area contributed by atoms with E-state index in [0.717, 1.165) is 16.7 Å². The molecule has 1 amide bonds. The monoisotopic (exact) mass is 351 g/mol. The SMILES string of the molecule is Cc1cc(C)cc(C(=O)N2CCN(C(C#N)c3ccc(F)cc3)CC2)c1. The van der Waals surface area contributed by atoms with Crippen LogP contribution >= 0.6 is 0 Å². The minimum atomic E-state index is -0.422. The maximum Gasteiger partial charge on any atom is 0.253 e. The highest BCUT2D eigenvalue weighted by atomic mass is 19.1. The van der Waals surface area contributed by atoms with Gasteiger partial charge in [0.1, 0.15) is 11.9 Å². The Morgan fingerprint density at radius 3 is 2.15 bits per heavy atom. The van der Waals surface area contributed by atoms with Crippen molar-refractivity contribution in [3.63, 3.8) is 0 Å². The Balaban J connectivity index is 1.67. The Bertz CT molecular complexity index is 813. The first kappa shape index (κ1) is 18.1. The highest BCUT2D eigenvalue weighted by molar-refractivity contribution is 5.94. The largest absolute Gasteiger partial charge is 0.336 e. The van der Waals surface area contributed by atoms with Crippen molar-refractivity contribution in [2.45, 2.75) is 19.9 Å². The fourth-order valence-corrected chi connectivity index (χ4v) is 3.48. The van der Waals surface area contributed by atoms with E-state index in [9.17, 15) is 14.4 Å². The molecule has 0 bridgehead atoms. The molecule has 1 fully saturated rings. The maximum absolute atomic E-state index is 13.1. The van der Waals surface area contributed by atoms with Crippen molar-refractivity contribution in [3.8, 4) is 6.07 Å². The summed E-state index contributed by atoms with van der Waals surface area (Å²) < 4.78 is 13.1. The van der Waals surface area contributed by atoms with E-state index in [4.69, 9.17) is 0 Å². The zero-order chi connectivity index (χ0) is 18.7. The summed E-state index contributed by atoms with van der Waals surface area (Å²) in [7, 11) is 0. The van der Waals surface area contributed by atoms with Gasteiger partial charge in [0.2, 0.25) is 0 Å². The summed E-state index contributed by atoms with van der Waals surface area (Å²) in [6, 6.07) is 13.8. The normalized spacial score (nSPS) is 16.2. The second-order valence-corrected chi connectivity index (χ2v) is 6.79. The number of carbonyl (C=O) groups excluding carboxylic acids is 1. The van der Waals surface area contributed by atoms with E-state index >= 15 is 0 Å². The van der Waals surface area contributed by atoms with E-state index in [2.05, 4.69) is 12.1 Å². The number of amides is 1. The van der Waals surface area contributed by atoms with Gasteiger partial charge in [-0.15, -0.1) is 0 Å². The average Bonchev–Trinajstić information content (AvgIpc) is 2.63. The Kier molecular flexibility index (Phi) is 5.34. The van der Waals surface area contributed by atoms with Gasteiger partial charge in [0.05, 0.1) is 6.07 Å². The maximum atomic E-state index is 13.1. The minimum Gasteiger partial charge on any atom is -0.336 e. The Morgan fingerprint density at radius 2 is 1.62 bits per heavy atom. The number of piperazine rings is 1. The van der Waals surface area contributed by atoms with Gasteiger partial charge in [-0.2, -0.15) is 5.26 Å². The summed E-state index contributed by atoms with van der Waals surface area (Å²) in [5.74, 6) is -0.277. The number of aryl methyl sites for hydroxylation is 2. The van der Waals surface area contributed by atoms with Gasteiger partial charge in [-0.1, -0.05) is 29.3 Å². The molecule has 5 heteroatoms. The number of benzene rings is 2.